The van der Waals surface area contributed by atoms with Crippen molar-refractivity contribution in [2.24, 2.45) is 5.92 Å². The number of piperidine rings is 1. The van der Waals surface area contributed by atoms with Crippen LogP contribution in [0.3, 0.4) is 0 Å². The van der Waals surface area contributed by atoms with Crippen LogP contribution in [0.5, 0.6) is 0 Å². The number of benzene rings is 2. The highest BCUT2D eigenvalue weighted by atomic mass is 32.2. The molecule has 2 aromatic rings. The van der Waals surface area contributed by atoms with Crippen LogP contribution in [-0.2, 0) is 27.6 Å². The van der Waals surface area contributed by atoms with E-state index in [-0.39, 0.29) is 38.4 Å². The van der Waals surface area contributed by atoms with Gasteiger partial charge in [-0.3, -0.25) is 4.79 Å². The Morgan fingerprint density at radius 1 is 1.10 bits per heavy atom. The SMILES string of the molecule is O=C(Nc1cccc(CO)c1)C1CCN(S(=O)(=O)c2cccc(C(F)(F)F)c2)CC1. The molecule has 0 bridgehead atoms. The van der Waals surface area contributed by atoms with Crippen LogP contribution in [0.1, 0.15) is 24.0 Å². The van der Waals surface area contributed by atoms with E-state index in [1.54, 1.807) is 24.3 Å². The van der Waals surface area contributed by atoms with E-state index in [9.17, 15) is 26.4 Å². The number of halogens is 3. The Balaban J connectivity index is 1.65. The van der Waals surface area contributed by atoms with Gasteiger partial charge in [-0.15, -0.1) is 0 Å². The van der Waals surface area contributed by atoms with Crippen LogP contribution in [0.2, 0.25) is 0 Å². The fourth-order valence-corrected chi connectivity index (χ4v) is 4.85. The molecule has 0 aromatic heterocycles. The van der Waals surface area contributed by atoms with Crippen LogP contribution in [0, 0.1) is 5.92 Å². The summed E-state index contributed by atoms with van der Waals surface area (Å²) < 4.78 is 65.3. The summed E-state index contributed by atoms with van der Waals surface area (Å²) in [5.74, 6) is -0.683. The van der Waals surface area contributed by atoms with Crippen LogP contribution in [0.15, 0.2) is 53.4 Å². The van der Waals surface area contributed by atoms with Crippen LogP contribution in [0.25, 0.3) is 0 Å². The van der Waals surface area contributed by atoms with Crippen molar-refractivity contribution in [3.8, 4) is 0 Å². The van der Waals surface area contributed by atoms with Gasteiger partial charge in [-0.25, -0.2) is 8.42 Å². The molecule has 0 aliphatic carbocycles. The average Bonchev–Trinajstić information content (AvgIpc) is 2.73. The second kappa shape index (κ2) is 8.75. The van der Waals surface area contributed by atoms with E-state index in [0.717, 1.165) is 22.5 Å². The van der Waals surface area contributed by atoms with Crippen molar-refractivity contribution in [3.05, 3.63) is 59.7 Å². The number of nitrogens with one attached hydrogen (secondary N) is 1. The third-order valence-corrected chi connectivity index (χ3v) is 6.90. The second-order valence-corrected chi connectivity index (χ2v) is 8.99. The summed E-state index contributed by atoms with van der Waals surface area (Å²) in [4.78, 5) is 12.1. The summed E-state index contributed by atoms with van der Waals surface area (Å²) >= 11 is 0. The van der Waals surface area contributed by atoms with Crippen molar-refractivity contribution in [3.63, 3.8) is 0 Å². The number of anilines is 1. The molecule has 0 radical (unpaired) electrons. The van der Waals surface area contributed by atoms with Crippen molar-refractivity contribution in [1.29, 1.82) is 0 Å². The highest BCUT2D eigenvalue weighted by Gasteiger charge is 2.35. The van der Waals surface area contributed by atoms with Crippen molar-refractivity contribution in [1.82, 2.24) is 4.31 Å². The number of hydrogen-bond acceptors (Lipinski definition) is 4. The van der Waals surface area contributed by atoms with Crippen molar-refractivity contribution in [2.45, 2.75) is 30.5 Å². The zero-order valence-electron chi connectivity index (χ0n) is 15.9. The summed E-state index contributed by atoms with van der Waals surface area (Å²) in [5.41, 5.74) is 0.156. The van der Waals surface area contributed by atoms with Crippen LogP contribution >= 0.6 is 0 Å². The number of alkyl halides is 3. The van der Waals surface area contributed by atoms with Crippen molar-refractivity contribution < 1.29 is 31.5 Å². The predicted octanol–water partition coefficient (Wildman–Crippen LogP) is 3.24. The minimum Gasteiger partial charge on any atom is -0.392 e. The zero-order chi connectivity index (χ0) is 21.9. The minimum atomic E-state index is -4.63. The summed E-state index contributed by atoms with van der Waals surface area (Å²) in [6.07, 6.45) is -4.13. The Labute approximate surface area is 172 Å². The second-order valence-electron chi connectivity index (χ2n) is 7.05. The lowest BCUT2D eigenvalue weighted by molar-refractivity contribution is -0.137. The van der Waals surface area contributed by atoms with Gasteiger partial charge in [0.05, 0.1) is 17.1 Å². The molecule has 3 rings (SSSR count). The number of aliphatic hydroxyl groups excluding tert-OH is 1. The lowest BCUT2D eigenvalue weighted by Gasteiger charge is -2.30. The Kier molecular flexibility index (Phi) is 6.49. The molecule has 1 fully saturated rings. The van der Waals surface area contributed by atoms with Crippen molar-refractivity contribution in [2.75, 3.05) is 18.4 Å². The van der Waals surface area contributed by atoms with E-state index in [1.807, 2.05) is 0 Å². The Hall–Kier alpha value is -2.43. The van der Waals surface area contributed by atoms with E-state index in [2.05, 4.69) is 5.32 Å². The topological polar surface area (TPSA) is 86.7 Å². The molecule has 10 heteroatoms. The third-order valence-electron chi connectivity index (χ3n) is 5.00. The summed E-state index contributed by atoms with van der Waals surface area (Å²) in [6.45, 7) is -0.0871. The summed E-state index contributed by atoms with van der Waals surface area (Å²) in [5, 5.41) is 11.9. The molecular weight excluding hydrogens is 421 g/mol. The highest BCUT2D eigenvalue weighted by Crippen LogP contribution is 2.32. The van der Waals surface area contributed by atoms with Gasteiger partial charge in [0.1, 0.15) is 0 Å². The van der Waals surface area contributed by atoms with Crippen LogP contribution in [0.4, 0.5) is 18.9 Å². The highest BCUT2D eigenvalue weighted by molar-refractivity contribution is 7.89. The molecule has 0 saturated carbocycles. The fraction of sp³-hybridized carbons (Fsp3) is 0.350. The fourth-order valence-electron chi connectivity index (χ4n) is 3.33. The zero-order valence-corrected chi connectivity index (χ0v) is 16.7. The number of sulfonamides is 1. The quantitative estimate of drug-likeness (QED) is 0.745. The lowest BCUT2D eigenvalue weighted by atomic mass is 9.97. The molecule has 162 valence electrons. The first-order chi connectivity index (χ1) is 14.1. The molecule has 2 N–H and O–H groups in total. The standard InChI is InChI=1S/C20H21F3N2O4S/c21-20(22,23)16-4-2-6-18(12-16)30(28,29)25-9-7-15(8-10-25)19(27)24-17-5-1-3-14(11-17)13-26/h1-6,11-12,15,26H,7-10,13H2,(H,24,27). The van der Waals surface area contributed by atoms with Crippen molar-refractivity contribution >= 4 is 21.6 Å². The number of rotatable bonds is 5. The van der Waals surface area contributed by atoms with Gasteiger partial charge < -0.3 is 10.4 Å². The molecule has 30 heavy (non-hydrogen) atoms. The molecule has 1 heterocycles. The van der Waals surface area contributed by atoms with E-state index < -0.39 is 32.6 Å². The molecular formula is C20H21F3N2O4S. The maximum absolute atomic E-state index is 12.9. The van der Waals surface area contributed by atoms with Gasteiger partial charge >= 0.3 is 6.18 Å². The lowest BCUT2D eigenvalue weighted by Crippen LogP contribution is -2.41. The first kappa shape index (κ1) is 22.3. The van der Waals surface area contributed by atoms with Gasteiger partial charge in [0.2, 0.25) is 15.9 Å². The number of nitrogens with zero attached hydrogens (tertiary/aromatic N) is 1. The molecule has 1 amide bonds. The number of hydrogen-bond donors (Lipinski definition) is 2. The minimum absolute atomic E-state index is 0.0351. The normalized spacial score (nSPS) is 16.4. The molecule has 1 saturated heterocycles. The maximum atomic E-state index is 12.9. The van der Waals surface area contributed by atoms with E-state index in [4.69, 9.17) is 5.11 Å². The molecule has 0 unspecified atom stereocenters. The summed E-state index contributed by atoms with van der Waals surface area (Å²) in [6, 6.07) is 10.4. The molecule has 0 spiro atoms. The number of aliphatic hydroxyl groups is 1. The number of carbonyl (C=O) groups excluding carboxylic acids is 1. The first-order valence-corrected chi connectivity index (χ1v) is 10.7. The smallest absolute Gasteiger partial charge is 0.392 e. The number of amides is 1. The molecule has 1 aliphatic rings. The van der Waals surface area contributed by atoms with Crippen LogP contribution in [-0.4, -0.2) is 36.8 Å². The number of carbonyl (C=O) groups is 1. The Bertz CT molecular complexity index is 1020. The van der Waals surface area contributed by atoms with Gasteiger partial charge in [-0.1, -0.05) is 18.2 Å². The molecule has 6 nitrogen and oxygen atoms in total. The third kappa shape index (κ3) is 5.00. The van der Waals surface area contributed by atoms with Gasteiger partial charge in [0.25, 0.3) is 0 Å². The monoisotopic (exact) mass is 442 g/mol. The molecule has 2 aromatic carbocycles. The summed E-state index contributed by atoms with van der Waals surface area (Å²) in [7, 11) is -4.09. The van der Waals surface area contributed by atoms with Gasteiger partial charge in [0, 0.05) is 24.7 Å². The van der Waals surface area contributed by atoms with E-state index in [1.165, 1.54) is 0 Å². The average molecular weight is 442 g/mol. The largest absolute Gasteiger partial charge is 0.416 e. The van der Waals surface area contributed by atoms with E-state index in [0.29, 0.717) is 17.3 Å². The van der Waals surface area contributed by atoms with Gasteiger partial charge in [-0.05, 0) is 48.7 Å². The molecule has 0 atom stereocenters. The van der Waals surface area contributed by atoms with E-state index >= 15 is 0 Å². The Morgan fingerprint density at radius 3 is 2.40 bits per heavy atom. The maximum Gasteiger partial charge on any atom is 0.416 e. The molecule has 1 aliphatic heterocycles. The van der Waals surface area contributed by atoms with Gasteiger partial charge in [-0.2, -0.15) is 17.5 Å². The van der Waals surface area contributed by atoms with Crippen LogP contribution < -0.4 is 5.32 Å². The van der Waals surface area contributed by atoms with Gasteiger partial charge in [0.15, 0.2) is 0 Å². The predicted molar refractivity (Wildman–Crippen MR) is 104 cm³/mol. The first-order valence-electron chi connectivity index (χ1n) is 9.29. The Morgan fingerprint density at radius 2 is 1.77 bits per heavy atom.